The van der Waals surface area contributed by atoms with E-state index >= 15 is 0 Å². The number of aromatic nitrogens is 3. The smallest absolute Gasteiger partial charge is 0.133 e. The third-order valence-electron chi connectivity index (χ3n) is 3.56. The molecule has 0 atom stereocenters. The zero-order chi connectivity index (χ0) is 13.5. The summed E-state index contributed by atoms with van der Waals surface area (Å²) < 4.78 is 0.852. The predicted octanol–water partition coefficient (Wildman–Crippen LogP) is 4.33. The van der Waals surface area contributed by atoms with E-state index in [1.165, 1.54) is 12.8 Å². The van der Waals surface area contributed by atoms with Crippen molar-refractivity contribution in [1.82, 2.24) is 15.0 Å². The second-order valence-corrected chi connectivity index (χ2v) is 5.93. The summed E-state index contributed by atoms with van der Waals surface area (Å²) >= 11 is 3.49. The summed E-state index contributed by atoms with van der Waals surface area (Å²) in [5.41, 5.74) is 3.04. The van der Waals surface area contributed by atoms with E-state index in [1.54, 1.807) is 0 Å². The van der Waals surface area contributed by atoms with Crippen molar-refractivity contribution in [1.29, 1.82) is 0 Å². The Morgan fingerprint density at radius 1 is 1.05 bits per heavy atom. The van der Waals surface area contributed by atoms with Crippen LogP contribution < -0.4 is 0 Å². The van der Waals surface area contributed by atoms with E-state index < -0.39 is 0 Å². The van der Waals surface area contributed by atoms with Gasteiger partial charge in [0, 0.05) is 23.1 Å². The van der Waals surface area contributed by atoms with Crippen molar-refractivity contribution in [3.8, 4) is 11.3 Å². The molecule has 0 aliphatic heterocycles. The van der Waals surface area contributed by atoms with E-state index in [0.29, 0.717) is 5.92 Å². The van der Waals surface area contributed by atoms with Crippen LogP contribution in [0.3, 0.4) is 0 Å². The number of halogens is 1. The lowest BCUT2D eigenvalue weighted by molar-refractivity contribution is 0.919. The molecule has 0 unspecified atom stereocenters. The summed E-state index contributed by atoms with van der Waals surface area (Å²) in [4.78, 5) is 13.6. The molecule has 1 aromatic carbocycles. The van der Waals surface area contributed by atoms with Crippen molar-refractivity contribution in [2.45, 2.75) is 18.8 Å². The number of fused-ring (bicyclic) bond motifs is 1. The third-order valence-corrected chi connectivity index (χ3v) is 3.96. The van der Waals surface area contributed by atoms with Crippen LogP contribution in [0.25, 0.3) is 22.2 Å². The lowest BCUT2D eigenvalue weighted by Gasteiger charge is -2.06. The summed E-state index contributed by atoms with van der Waals surface area (Å²) in [5, 5.41) is 1.15. The standard InChI is InChI=1S/C16H12BrN3/c17-15-9-14(19-16(20-15)11-4-5-11)12-6-3-10-2-1-7-18-13(10)8-12/h1-3,6-9,11H,4-5H2. The monoisotopic (exact) mass is 325 g/mol. The van der Waals surface area contributed by atoms with Crippen LogP contribution in [0.2, 0.25) is 0 Å². The Hall–Kier alpha value is -1.81. The van der Waals surface area contributed by atoms with Crippen molar-refractivity contribution in [2.75, 3.05) is 0 Å². The first-order valence-corrected chi connectivity index (χ1v) is 7.48. The summed E-state index contributed by atoms with van der Waals surface area (Å²) in [6, 6.07) is 12.3. The quantitative estimate of drug-likeness (QED) is 0.658. The summed E-state index contributed by atoms with van der Waals surface area (Å²) in [7, 11) is 0. The maximum Gasteiger partial charge on any atom is 0.133 e. The molecule has 0 bridgehead atoms. The average Bonchev–Trinajstić information content (AvgIpc) is 3.31. The van der Waals surface area contributed by atoms with Crippen LogP contribution in [-0.2, 0) is 0 Å². The number of nitrogens with zero attached hydrogens (tertiary/aromatic N) is 3. The largest absolute Gasteiger partial charge is 0.256 e. The fourth-order valence-corrected chi connectivity index (χ4v) is 2.73. The van der Waals surface area contributed by atoms with Crippen molar-refractivity contribution in [2.24, 2.45) is 0 Å². The molecular weight excluding hydrogens is 314 g/mol. The van der Waals surface area contributed by atoms with Gasteiger partial charge in [-0.1, -0.05) is 18.2 Å². The van der Waals surface area contributed by atoms with Gasteiger partial charge in [-0.3, -0.25) is 4.98 Å². The van der Waals surface area contributed by atoms with Gasteiger partial charge in [-0.2, -0.15) is 0 Å². The van der Waals surface area contributed by atoms with E-state index in [2.05, 4.69) is 50.2 Å². The SMILES string of the molecule is Brc1cc(-c2ccc3cccnc3c2)nc(C2CC2)n1. The van der Waals surface area contributed by atoms with Gasteiger partial charge in [0.05, 0.1) is 11.2 Å². The molecular formula is C16H12BrN3. The predicted molar refractivity (Wildman–Crippen MR) is 82.4 cm³/mol. The van der Waals surface area contributed by atoms with Gasteiger partial charge in [0.25, 0.3) is 0 Å². The minimum Gasteiger partial charge on any atom is -0.256 e. The number of pyridine rings is 1. The summed E-state index contributed by atoms with van der Waals surface area (Å²) in [5.74, 6) is 1.50. The van der Waals surface area contributed by atoms with Crippen LogP contribution in [0.5, 0.6) is 0 Å². The maximum atomic E-state index is 4.70. The Balaban J connectivity index is 1.85. The number of benzene rings is 1. The van der Waals surface area contributed by atoms with Gasteiger partial charge >= 0.3 is 0 Å². The number of hydrogen-bond acceptors (Lipinski definition) is 3. The van der Waals surface area contributed by atoms with Gasteiger partial charge in [-0.15, -0.1) is 0 Å². The normalized spacial score (nSPS) is 14.7. The Bertz CT molecular complexity index is 797. The molecule has 3 aromatic rings. The Kier molecular flexibility index (Phi) is 2.77. The van der Waals surface area contributed by atoms with Crippen LogP contribution in [0.4, 0.5) is 0 Å². The van der Waals surface area contributed by atoms with E-state index in [9.17, 15) is 0 Å². The fourth-order valence-electron chi connectivity index (χ4n) is 2.33. The zero-order valence-corrected chi connectivity index (χ0v) is 12.3. The van der Waals surface area contributed by atoms with Crippen molar-refractivity contribution < 1.29 is 0 Å². The molecule has 0 radical (unpaired) electrons. The molecule has 4 rings (SSSR count). The minimum absolute atomic E-state index is 0.546. The van der Waals surface area contributed by atoms with Gasteiger partial charge in [0.1, 0.15) is 10.4 Å². The summed E-state index contributed by atoms with van der Waals surface area (Å²) in [6.45, 7) is 0. The topological polar surface area (TPSA) is 38.7 Å². The first kappa shape index (κ1) is 12.0. The first-order valence-electron chi connectivity index (χ1n) is 6.69. The Labute approximate surface area is 125 Å². The second kappa shape index (κ2) is 4.63. The van der Waals surface area contributed by atoms with E-state index in [4.69, 9.17) is 4.98 Å². The minimum atomic E-state index is 0.546. The highest BCUT2D eigenvalue weighted by Crippen LogP contribution is 2.39. The van der Waals surface area contributed by atoms with Crippen molar-refractivity contribution in [3.63, 3.8) is 0 Å². The lowest BCUT2D eigenvalue weighted by atomic mass is 10.1. The van der Waals surface area contributed by atoms with E-state index in [0.717, 1.165) is 32.6 Å². The van der Waals surface area contributed by atoms with Gasteiger partial charge in [-0.05, 0) is 47.0 Å². The molecule has 0 amide bonds. The molecule has 3 nitrogen and oxygen atoms in total. The van der Waals surface area contributed by atoms with Crippen LogP contribution in [0.1, 0.15) is 24.6 Å². The second-order valence-electron chi connectivity index (χ2n) is 5.12. The van der Waals surface area contributed by atoms with E-state index in [-0.39, 0.29) is 0 Å². The molecule has 1 aliphatic carbocycles. The molecule has 1 aliphatic rings. The van der Waals surface area contributed by atoms with Crippen molar-refractivity contribution in [3.05, 3.63) is 53.0 Å². The molecule has 0 saturated heterocycles. The zero-order valence-electron chi connectivity index (χ0n) is 10.8. The van der Waals surface area contributed by atoms with Gasteiger partial charge < -0.3 is 0 Å². The molecule has 0 spiro atoms. The molecule has 1 saturated carbocycles. The molecule has 2 heterocycles. The highest BCUT2D eigenvalue weighted by atomic mass is 79.9. The Morgan fingerprint density at radius 2 is 1.95 bits per heavy atom. The Morgan fingerprint density at radius 3 is 2.80 bits per heavy atom. The summed E-state index contributed by atoms with van der Waals surface area (Å²) in [6.07, 6.45) is 4.22. The van der Waals surface area contributed by atoms with Crippen LogP contribution in [-0.4, -0.2) is 15.0 Å². The van der Waals surface area contributed by atoms with Crippen LogP contribution in [0, 0.1) is 0 Å². The molecule has 1 fully saturated rings. The van der Waals surface area contributed by atoms with Gasteiger partial charge in [0.15, 0.2) is 0 Å². The van der Waals surface area contributed by atoms with E-state index in [1.807, 2.05) is 18.3 Å². The van der Waals surface area contributed by atoms with Crippen LogP contribution in [0.15, 0.2) is 47.2 Å². The average molecular weight is 326 g/mol. The lowest BCUT2D eigenvalue weighted by Crippen LogP contribution is -1.95. The van der Waals surface area contributed by atoms with Crippen LogP contribution >= 0.6 is 15.9 Å². The number of hydrogen-bond donors (Lipinski definition) is 0. The van der Waals surface area contributed by atoms with Crippen molar-refractivity contribution >= 4 is 26.8 Å². The molecule has 20 heavy (non-hydrogen) atoms. The third kappa shape index (κ3) is 2.20. The maximum absolute atomic E-state index is 4.70. The molecule has 98 valence electrons. The molecule has 2 aromatic heterocycles. The van der Waals surface area contributed by atoms with Gasteiger partial charge in [-0.25, -0.2) is 9.97 Å². The highest BCUT2D eigenvalue weighted by molar-refractivity contribution is 9.10. The highest BCUT2D eigenvalue weighted by Gasteiger charge is 2.27. The molecule has 4 heteroatoms. The first-order chi connectivity index (χ1) is 9.79. The number of rotatable bonds is 2. The fraction of sp³-hybridized carbons (Fsp3) is 0.188. The molecule has 0 N–H and O–H groups in total. The van der Waals surface area contributed by atoms with Gasteiger partial charge in [0.2, 0.25) is 0 Å².